The first kappa shape index (κ1) is 15.5. The molecule has 0 aliphatic heterocycles. The van der Waals surface area contributed by atoms with Gasteiger partial charge in [0.25, 0.3) is 0 Å². The first-order chi connectivity index (χ1) is 11.1. The second-order valence-corrected chi connectivity index (χ2v) is 6.70. The van der Waals surface area contributed by atoms with Crippen molar-refractivity contribution in [2.45, 2.75) is 18.4 Å². The lowest BCUT2D eigenvalue weighted by Gasteiger charge is -2.07. The van der Waals surface area contributed by atoms with E-state index < -0.39 is 10.0 Å². The number of hydrogen-bond donors (Lipinski definition) is 1. The van der Waals surface area contributed by atoms with E-state index in [4.69, 9.17) is 4.74 Å². The van der Waals surface area contributed by atoms with Gasteiger partial charge >= 0.3 is 0 Å². The summed E-state index contributed by atoms with van der Waals surface area (Å²) in [6.45, 7) is 2.60. The molecule has 0 fully saturated rings. The molecule has 6 nitrogen and oxygen atoms in total. The topological polar surface area (TPSA) is 72.7 Å². The van der Waals surface area contributed by atoms with Crippen molar-refractivity contribution in [1.29, 1.82) is 0 Å². The number of aromatic nitrogens is 2. The van der Waals surface area contributed by atoms with E-state index in [9.17, 15) is 8.42 Å². The van der Waals surface area contributed by atoms with E-state index in [2.05, 4.69) is 9.82 Å². The average molecular weight is 331 g/mol. The lowest BCUT2D eigenvalue weighted by atomic mass is 10.3. The van der Waals surface area contributed by atoms with E-state index in [0.29, 0.717) is 12.4 Å². The van der Waals surface area contributed by atoms with E-state index >= 15 is 0 Å². The number of ether oxygens (including phenoxy) is 1. The van der Waals surface area contributed by atoms with Crippen LogP contribution in [-0.2, 0) is 16.6 Å². The molecular formula is C16H17N3O3S. The molecule has 120 valence electrons. The molecule has 0 spiro atoms. The summed E-state index contributed by atoms with van der Waals surface area (Å²) in [5.41, 5.74) is 1.70. The van der Waals surface area contributed by atoms with Crippen LogP contribution in [0.3, 0.4) is 0 Å². The lowest BCUT2D eigenvalue weighted by Crippen LogP contribution is -2.23. The number of fused-ring (bicyclic) bond motifs is 1. The maximum absolute atomic E-state index is 12.4. The van der Waals surface area contributed by atoms with Crippen LogP contribution in [0.5, 0.6) is 5.75 Å². The largest absolute Gasteiger partial charge is 0.494 e. The Morgan fingerprint density at radius 1 is 1.17 bits per heavy atom. The number of hydrogen-bond acceptors (Lipinski definition) is 4. The highest BCUT2D eigenvalue weighted by atomic mass is 32.2. The lowest BCUT2D eigenvalue weighted by molar-refractivity contribution is 0.340. The second-order valence-electron chi connectivity index (χ2n) is 4.93. The Bertz CT molecular complexity index is 902. The van der Waals surface area contributed by atoms with Crippen LogP contribution < -0.4 is 9.46 Å². The van der Waals surface area contributed by atoms with Crippen LogP contribution in [0.1, 0.15) is 12.5 Å². The molecule has 2 heterocycles. The van der Waals surface area contributed by atoms with Crippen LogP contribution in [0.25, 0.3) is 5.52 Å². The van der Waals surface area contributed by atoms with E-state index in [1.807, 2.05) is 31.3 Å². The zero-order chi connectivity index (χ0) is 16.3. The molecule has 2 aromatic heterocycles. The standard InChI is InChI=1S/C16H17N3O3S/c1-2-22-14-6-8-15(9-7-14)23(20,21)18-12-13-11-17-19-10-4-3-5-16(13)19/h3-11,18H,2,12H2,1H3. The summed E-state index contributed by atoms with van der Waals surface area (Å²) in [6, 6.07) is 12.0. The van der Waals surface area contributed by atoms with Gasteiger partial charge in [0.15, 0.2) is 0 Å². The van der Waals surface area contributed by atoms with Crippen molar-refractivity contribution >= 4 is 15.5 Å². The molecule has 0 amide bonds. The Morgan fingerprint density at radius 2 is 1.96 bits per heavy atom. The number of benzene rings is 1. The van der Waals surface area contributed by atoms with E-state index in [1.165, 1.54) is 12.1 Å². The van der Waals surface area contributed by atoms with Gasteiger partial charge in [-0.25, -0.2) is 17.7 Å². The summed E-state index contributed by atoms with van der Waals surface area (Å²) >= 11 is 0. The van der Waals surface area contributed by atoms with E-state index in [0.717, 1.165) is 11.1 Å². The molecule has 0 saturated carbocycles. The van der Waals surface area contributed by atoms with Crippen molar-refractivity contribution < 1.29 is 13.2 Å². The molecule has 7 heteroatoms. The molecule has 3 rings (SSSR count). The maximum Gasteiger partial charge on any atom is 0.240 e. The van der Waals surface area contributed by atoms with Crippen LogP contribution >= 0.6 is 0 Å². The van der Waals surface area contributed by atoms with Crippen molar-refractivity contribution in [3.8, 4) is 5.75 Å². The van der Waals surface area contributed by atoms with Crippen LogP contribution in [0, 0.1) is 0 Å². The van der Waals surface area contributed by atoms with Gasteiger partial charge in [-0.1, -0.05) is 6.07 Å². The van der Waals surface area contributed by atoms with Gasteiger partial charge in [-0.2, -0.15) is 5.10 Å². The third-order valence-electron chi connectivity index (χ3n) is 3.40. The third-order valence-corrected chi connectivity index (χ3v) is 4.82. The van der Waals surface area contributed by atoms with Gasteiger partial charge in [-0.15, -0.1) is 0 Å². The molecule has 0 unspecified atom stereocenters. The highest BCUT2D eigenvalue weighted by Gasteiger charge is 2.15. The summed E-state index contributed by atoms with van der Waals surface area (Å²) in [6.07, 6.45) is 3.48. The Balaban J connectivity index is 1.76. The number of rotatable bonds is 6. The molecule has 3 aromatic rings. The molecule has 0 aliphatic carbocycles. The van der Waals surface area contributed by atoms with Crippen molar-refractivity contribution in [2.75, 3.05) is 6.61 Å². The summed E-state index contributed by atoms with van der Waals surface area (Å²) in [5.74, 6) is 0.647. The smallest absolute Gasteiger partial charge is 0.240 e. The highest BCUT2D eigenvalue weighted by molar-refractivity contribution is 7.89. The van der Waals surface area contributed by atoms with Gasteiger partial charge in [-0.3, -0.25) is 0 Å². The summed E-state index contributed by atoms with van der Waals surface area (Å²) in [7, 11) is -3.58. The normalized spacial score (nSPS) is 11.7. The fraction of sp³-hybridized carbons (Fsp3) is 0.188. The number of sulfonamides is 1. The molecular weight excluding hydrogens is 314 g/mol. The fourth-order valence-corrected chi connectivity index (χ4v) is 3.27. The highest BCUT2D eigenvalue weighted by Crippen LogP contribution is 2.17. The number of nitrogens with zero attached hydrogens (tertiary/aromatic N) is 2. The second kappa shape index (κ2) is 6.39. The molecule has 0 bridgehead atoms. The zero-order valence-corrected chi connectivity index (χ0v) is 13.5. The Hall–Kier alpha value is -2.38. The van der Waals surface area contributed by atoms with E-state index in [1.54, 1.807) is 22.8 Å². The Labute approximate surface area is 134 Å². The molecule has 0 radical (unpaired) electrons. The molecule has 0 saturated heterocycles. The molecule has 1 N–H and O–H groups in total. The first-order valence-corrected chi connectivity index (χ1v) is 8.72. The maximum atomic E-state index is 12.4. The number of nitrogens with one attached hydrogen (secondary N) is 1. The van der Waals surface area contributed by atoms with Crippen molar-refractivity contribution in [3.05, 3.63) is 60.4 Å². The van der Waals surface area contributed by atoms with Crippen LogP contribution in [0.2, 0.25) is 0 Å². The van der Waals surface area contributed by atoms with E-state index in [-0.39, 0.29) is 11.4 Å². The Kier molecular flexibility index (Phi) is 4.31. The molecule has 23 heavy (non-hydrogen) atoms. The van der Waals surface area contributed by atoms with Gasteiger partial charge in [-0.05, 0) is 43.3 Å². The minimum absolute atomic E-state index is 0.184. The quantitative estimate of drug-likeness (QED) is 0.752. The van der Waals surface area contributed by atoms with Crippen LogP contribution in [-0.4, -0.2) is 24.6 Å². The summed E-state index contributed by atoms with van der Waals surface area (Å²) < 4.78 is 34.3. The molecule has 1 aromatic carbocycles. The summed E-state index contributed by atoms with van der Waals surface area (Å²) in [4.78, 5) is 0.206. The third kappa shape index (κ3) is 3.35. The van der Waals surface area contributed by atoms with Crippen molar-refractivity contribution in [3.63, 3.8) is 0 Å². The van der Waals surface area contributed by atoms with Crippen molar-refractivity contribution in [1.82, 2.24) is 14.3 Å². The minimum atomic E-state index is -3.58. The van der Waals surface area contributed by atoms with Crippen LogP contribution in [0.15, 0.2) is 59.8 Å². The summed E-state index contributed by atoms with van der Waals surface area (Å²) in [5, 5.41) is 4.19. The van der Waals surface area contributed by atoms with Crippen molar-refractivity contribution in [2.24, 2.45) is 0 Å². The van der Waals surface area contributed by atoms with Gasteiger partial charge in [0.2, 0.25) is 10.0 Å². The van der Waals surface area contributed by atoms with Gasteiger partial charge in [0.05, 0.1) is 23.2 Å². The van der Waals surface area contributed by atoms with Crippen LogP contribution in [0.4, 0.5) is 0 Å². The Morgan fingerprint density at radius 3 is 2.70 bits per heavy atom. The van der Waals surface area contributed by atoms with Gasteiger partial charge < -0.3 is 4.74 Å². The SMILES string of the molecule is CCOc1ccc(S(=O)(=O)NCc2cnn3ccccc23)cc1. The number of pyridine rings is 1. The first-order valence-electron chi connectivity index (χ1n) is 7.24. The predicted octanol–water partition coefficient (Wildman–Crippen LogP) is 2.21. The van der Waals surface area contributed by atoms with Gasteiger partial charge in [0.1, 0.15) is 5.75 Å². The monoisotopic (exact) mass is 331 g/mol. The molecule has 0 aliphatic rings. The minimum Gasteiger partial charge on any atom is -0.494 e. The average Bonchev–Trinajstić information content (AvgIpc) is 2.97. The van der Waals surface area contributed by atoms with Gasteiger partial charge in [0, 0.05) is 18.3 Å². The predicted molar refractivity (Wildman–Crippen MR) is 86.8 cm³/mol. The molecule has 0 atom stereocenters. The zero-order valence-electron chi connectivity index (χ0n) is 12.6. The fourth-order valence-electron chi connectivity index (χ4n) is 2.26.